The van der Waals surface area contributed by atoms with Gasteiger partial charge in [-0.3, -0.25) is 0 Å². The standard InChI is InChI=1S/C15H22BrNO2.ClH/c1-2-19-13-8-7-11(16)9-12(13)14(17)15(18)10-5-3-4-6-10;/h7-10,14-15,18H,2-6,17H2,1H3;1H/t14-,15+;/m1./s1. The Morgan fingerprint density at radius 2 is 2.05 bits per heavy atom. The van der Waals surface area contributed by atoms with Crippen molar-refractivity contribution in [2.75, 3.05) is 6.61 Å². The molecule has 0 amide bonds. The maximum Gasteiger partial charge on any atom is 0.124 e. The third kappa shape index (κ3) is 4.10. The highest BCUT2D eigenvalue weighted by Gasteiger charge is 2.30. The molecule has 0 aromatic heterocycles. The van der Waals surface area contributed by atoms with Gasteiger partial charge >= 0.3 is 0 Å². The number of rotatable bonds is 5. The van der Waals surface area contributed by atoms with Gasteiger partial charge in [0.25, 0.3) is 0 Å². The van der Waals surface area contributed by atoms with Crippen molar-refractivity contribution >= 4 is 28.3 Å². The zero-order valence-corrected chi connectivity index (χ0v) is 14.1. The Morgan fingerprint density at radius 3 is 2.65 bits per heavy atom. The predicted octanol–water partition coefficient (Wildman–Crippen LogP) is 3.82. The highest BCUT2D eigenvalue weighted by atomic mass is 79.9. The van der Waals surface area contributed by atoms with Crippen LogP contribution in [0.25, 0.3) is 0 Å². The van der Waals surface area contributed by atoms with E-state index in [1.165, 1.54) is 12.8 Å². The minimum absolute atomic E-state index is 0. The summed E-state index contributed by atoms with van der Waals surface area (Å²) in [5, 5.41) is 10.5. The predicted molar refractivity (Wildman–Crippen MR) is 87.5 cm³/mol. The lowest BCUT2D eigenvalue weighted by Gasteiger charge is -2.26. The fourth-order valence-corrected chi connectivity index (χ4v) is 3.22. The minimum Gasteiger partial charge on any atom is -0.494 e. The first-order chi connectivity index (χ1) is 9.13. The Balaban J connectivity index is 0.00000200. The first-order valence-corrected chi connectivity index (χ1v) is 7.78. The van der Waals surface area contributed by atoms with Crippen molar-refractivity contribution in [2.24, 2.45) is 11.7 Å². The van der Waals surface area contributed by atoms with E-state index in [1.54, 1.807) is 0 Å². The molecular weight excluding hydrogens is 342 g/mol. The summed E-state index contributed by atoms with van der Waals surface area (Å²) in [5.74, 6) is 1.10. The second kappa shape index (κ2) is 8.23. The van der Waals surface area contributed by atoms with Crippen molar-refractivity contribution in [1.82, 2.24) is 0 Å². The molecule has 1 aromatic rings. The van der Waals surface area contributed by atoms with E-state index in [-0.39, 0.29) is 18.4 Å². The van der Waals surface area contributed by atoms with Crippen LogP contribution in [0.2, 0.25) is 0 Å². The van der Waals surface area contributed by atoms with Gasteiger partial charge in [0.1, 0.15) is 5.75 Å². The molecule has 1 aliphatic rings. The van der Waals surface area contributed by atoms with E-state index in [2.05, 4.69) is 15.9 Å². The number of nitrogens with two attached hydrogens (primary N) is 1. The molecule has 0 unspecified atom stereocenters. The second-order valence-corrected chi connectivity index (χ2v) is 6.09. The van der Waals surface area contributed by atoms with Crippen LogP contribution in [-0.4, -0.2) is 17.8 Å². The van der Waals surface area contributed by atoms with Crippen LogP contribution in [-0.2, 0) is 0 Å². The van der Waals surface area contributed by atoms with E-state index in [1.807, 2.05) is 25.1 Å². The van der Waals surface area contributed by atoms with Crippen molar-refractivity contribution in [1.29, 1.82) is 0 Å². The Labute approximate surface area is 135 Å². The van der Waals surface area contributed by atoms with Gasteiger partial charge in [-0.1, -0.05) is 28.8 Å². The smallest absolute Gasteiger partial charge is 0.124 e. The van der Waals surface area contributed by atoms with Gasteiger partial charge < -0.3 is 15.6 Å². The quantitative estimate of drug-likeness (QED) is 0.835. The van der Waals surface area contributed by atoms with E-state index >= 15 is 0 Å². The molecule has 0 bridgehead atoms. The summed E-state index contributed by atoms with van der Waals surface area (Å²) >= 11 is 3.46. The van der Waals surface area contributed by atoms with Crippen LogP contribution in [0.3, 0.4) is 0 Å². The molecule has 2 rings (SSSR count). The summed E-state index contributed by atoms with van der Waals surface area (Å²) in [6, 6.07) is 5.41. The Hall–Kier alpha value is -0.290. The van der Waals surface area contributed by atoms with Gasteiger partial charge in [-0.15, -0.1) is 12.4 Å². The van der Waals surface area contributed by atoms with Gasteiger partial charge in [0, 0.05) is 10.0 Å². The maximum absolute atomic E-state index is 10.5. The van der Waals surface area contributed by atoms with Crippen molar-refractivity contribution in [3.63, 3.8) is 0 Å². The molecule has 114 valence electrons. The van der Waals surface area contributed by atoms with Gasteiger partial charge in [-0.2, -0.15) is 0 Å². The van der Waals surface area contributed by atoms with E-state index in [9.17, 15) is 5.11 Å². The molecule has 0 radical (unpaired) electrons. The average Bonchev–Trinajstić information content (AvgIpc) is 2.93. The van der Waals surface area contributed by atoms with Crippen LogP contribution in [0.15, 0.2) is 22.7 Å². The molecule has 0 spiro atoms. The maximum atomic E-state index is 10.5. The summed E-state index contributed by atoms with van der Waals surface area (Å²) in [5.41, 5.74) is 7.15. The molecule has 3 N–H and O–H groups in total. The molecule has 1 aliphatic carbocycles. The number of halogens is 2. The van der Waals surface area contributed by atoms with Gasteiger partial charge in [-0.25, -0.2) is 0 Å². The fraction of sp³-hybridized carbons (Fsp3) is 0.600. The first kappa shape index (κ1) is 17.8. The van der Waals surface area contributed by atoms with Crippen molar-refractivity contribution in [3.8, 4) is 5.75 Å². The van der Waals surface area contributed by atoms with Crippen molar-refractivity contribution in [2.45, 2.75) is 44.8 Å². The summed E-state index contributed by atoms with van der Waals surface area (Å²) in [6.45, 7) is 2.55. The molecule has 5 heteroatoms. The Kier molecular flexibility index (Phi) is 7.30. The highest BCUT2D eigenvalue weighted by molar-refractivity contribution is 9.10. The molecular formula is C15H23BrClNO2. The minimum atomic E-state index is -0.490. The lowest BCUT2D eigenvalue weighted by Crippen LogP contribution is -2.32. The summed E-state index contributed by atoms with van der Waals surface area (Å²) < 4.78 is 6.57. The molecule has 2 atom stereocenters. The topological polar surface area (TPSA) is 55.5 Å². The van der Waals surface area contributed by atoms with E-state index < -0.39 is 6.10 Å². The normalized spacial score (nSPS) is 18.4. The first-order valence-electron chi connectivity index (χ1n) is 6.99. The van der Waals surface area contributed by atoms with Gasteiger partial charge in [0.2, 0.25) is 0 Å². The van der Waals surface area contributed by atoms with Gasteiger partial charge in [0.05, 0.1) is 18.8 Å². The number of hydrogen-bond acceptors (Lipinski definition) is 3. The average molecular weight is 365 g/mol. The molecule has 1 fully saturated rings. The molecule has 0 heterocycles. The number of benzene rings is 1. The molecule has 1 saturated carbocycles. The summed E-state index contributed by atoms with van der Waals surface area (Å²) in [6.07, 6.45) is 4.06. The number of hydrogen-bond donors (Lipinski definition) is 2. The SMILES string of the molecule is CCOc1ccc(Br)cc1[C@@H](N)[C@@H](O)C1CCCC1.Cl. The highest BCUT2D eigenvalue weighted by Crippen LogP contribution is 2.36. The van der Waals surface area contributed by atoms with Crippen LogP contribution >= 0.6 is 28.3 Å². The number of ether oxygens (including phenoxy) is 1. The number of aliphatic hydroxyl groups is 1. The second-order valence-electron chi connectivity index (χ2n) is 5.18. The Bertz CT molecular complexity index is 424. The zero-order chi connectivity index (χ0) is 13.8. The third-order valence-electron chi connectivity index (χ3n) is 3.88. The molecule has 3 nitrogen and oxygen atoms in total. The van der Waals surface area contributed by atoms with Crippen LogP contribution < -0.4 is 10.5 Å². The largest absolute Gasteiger partial charge is 0.494 e. The van der Waals surface area contributed by atoms with Gasteiger partial charge in [-0.05, 0) is 43.9 Å². The lowest BCUT2D eigenvalue weighted by atomic mass is 9.90. The van der Waals surface area contributed by atoms with Crippen LogP contribution in [0.4, 0.5) is 0 Å². The van der Waals surface area contributed by atoms with Crippen LogP contribution in [0.1, 0.15) is 44.2 Å². The van der Waals surface area contributed by atoms with Crippen molar-refractivity contribution in [3.05, 3.63) is 28.2 Å². The fourth-order valence-electron chi connectivity index (χ4n) is 2.84. The lowest BCUT2D eigenvalue weighted by molar-refractivity contribution is 0.0833. The number of aliphatic hydroxyl groups excluding tert-OH is 1. The molecule has 20 heavy (non-hydrogen) atoms. The van der Waals surface area contributed by atoms with E-state index in [0.717, 1.165) is 28.6 Å². The van der Waals surface area contributed by atoms with Crippen molar-refractivity contribution < 1.29 is 9.84 Å². The summed E-state index contributed by atoms with van der Waals surface area (Å²) in [4.78, 5) is 0. The summed E-state index contributed by atoms with van der Waals surface area (Å²) in [7, 11) is 0. The van der Waals surface area contributed by atoms with E-state index in [4.69, 9.17) is 10.5 Å². The third-order valence-corrected chi connectivity index (χ3v) is 4.37. The van der Waals surface area contributed by atoms with Crippen LogP contribution in [0, 0.1) is 5.92 Å². The zero-order valence-electron chi connectivity index (χ0n) is 11.7. The molecule has 1 aromatic carbocycles. The van der Waals surface area contributed by atoms with E-state index in [0.29, 0.717) is 12.5 Å². The van der Waals surface area contributed by atoms with Crippen LogP contribution in [0.5, 0.6) is 5.75 Å². The molecule has 0 saturated heterocycles. The van der Waals surface area contributed by atoms with Gasteiger partial charge in [0.15, 0.2) is 0 Å². The monoisotopic (exact) mass is 363 g/mol. The Morgan fingerprint density at radius 1 is 1.40 bits per heavy atom. The molecule has 0 aliphatic heterocycles.